The first kappa shape index (κ1) is 30.4. The predicted octanol–water partition coefficient (Wildman–Crippen LogP) is 7.34. The highest BCUT2D eigenvalue weighted by Crippen LogP contribution is 2.45. The van der Waals surface area contributed by atoms with Crippen molar-refractivity contribution >= 4 is 40.6 Å². The van der Waals surface area contributed by atoms with E-state index in [2.05, 4.69) is 60.5 Å². The van der Waals surface area contributed by atoms with Crippen molar-refractivity contribution in [2.75, 3.05) is 35.4 Å². The zero-order valence-corrected chi connectivity index (χ0v) is 24.3. The number of fused-ring (bicyclic) bond motifs is 1. The first-order chi connectivity index (χ1) is 18.2. The SMILES string of the molecule is CCCC.CCCC.CNC(=O)c1ccccc1Nc1nc(Nc2cc(N)ccc2C)nc2c1C(C)N2C. The molecule has 0 spiro atoms. The molecule has 1 aliphatic rings. The van der Waals surface area contributed by atoms with Crippen LogP contribution < -0.4 is 26.6 Å². The summed E-state index contributed by atoms with van der Waals surface area (Å²) in [5, 5.41) is 9.30. The minimum absolute atomic E-state index is 0.162. The fourth-order valence-electron chi connectivity index (χ4n) is 3.52. The van der Waals surface area contributed by atoms with Crippen molar-refractivity contribution < 1.29 is 4.79 Å². The van der Waals surface area contributed by atoms with Crippen molar-refractivity contribution in [1.82, 2.24) is 15.3 Å². The van der Waals surface area contributed by atoms with Crippen LogP contribution in [0, 0.1) is 6.92 Å². The van der Waals surface area contributed by atoms with Crippen molar-refractivity contribution in [3.05, 3.63) is 59.2 Å². The maximum absolute atomic E-state index is 12.3. The molecule has 0 saturated carbocycles. The molecule has 8 heteroatoms. The van der Waals surface area contributed by atoms with Gasteiger partial charge < -0.3 is 26.6 Å². The fraction of sp³-hybridized carbons (Fsp3) is 0.433. The van der Waals surface area contributed by atoms with Crippen LogP contribution in [0.4, 0.5) is 34.6 Å². The van der Waals surface area contributed by atoms with Crippen LogP contribution in [0.15, 0.2) is 42.5 Å². The molecule has 0 bridgehead atoms. The highest BCUT2D eigenvalue weighted by molar-refractivity contribution is 6.00. The Morgan fingerprint density at radius 2 is 1.58 bits per heavy atom. The Hall–Kier alpha value is -3.81. The van der Waals surface area contributed by atoms with Gasteiger partial charge in [0, 0.05) is 25.5 Å². The summed E-state index contributed by atoms with van der Waals surface area (Å²) in [6.45, 7) is 12.8. The van der Waals surface area contributed by atoms with Crippen molar-refractivity contribution in [3.8, 4) is 0 Å². The molecule has 0 saturated heterocycles. The zero-order chi connectivity index (χ0) is 28.2. The number of anilines is 6. The summed E-state index contributed by atoms with van der Waals surface area (Å²) in [4.78, 5) is 23.8. The molecule has 1 atom stereocenters. The number of unbranched alkanes of at least 4 members (excludes halogenated alkanes) is 2. The Labute approximate surface area is 228 Å². The summed E-state index contributed by atoms with van der Waals surface area (Å²) in [6, 6.07) is 13.2. The Morgan fingerprint density at radius 3 is 2.18 bits per heavy atom. The van der Waals surface area contributed by atoms with Crippen LogP contribution in [0.25, 0.3) is 0 Å². The third kappa shape index (κ3) is 7.60. The lowest BCUT2D eigenvalue weighted by Crippen LogP contribution is -2.35. The molecule has 0 fully saturated rings. The second-order valence-electron chi connectivity index (χ2n) is 9.37. The smallest absolute Gasteiger partial charge is 0.253 e. The molecule has 8 nitrogen and oxygen atoms in total. The monoisotopic (exact) mass is 519 g/mol. The molecule has 2 aromatic carbocycles. The molecule has 1 amide bonds. The molecule has 1 aliphatic heterocycles. The van der Waals surface area contributed by atoms with Gasteiger partial charge in [-0.1, -0.05) is 71.6 Å². The lowest BCUT2D eigenvalue weighted by Gasteiger charge is -2.39. The molecule has 206 valence electrons. The Bertz CT molecular complexity index is 1190. The second kappa shape index (κ2) is 14.8. The molecule has 1 aromatic heterocycles. The summed E-state index contributed by atoms with van der Waals surface area (Å²) >= 11 is 0. The molecule has 38 heavy (non-hydrogen) atoms. The Morgan fingerprint density at radius 1 is 0.947 bits per heavy atom. The Balaban J connectivity index is 0.000000559. The summed E-state index contributed by atoms with van der Waals surface area (Å²) in [5.74, 6) is 1.82. The molecule has 2 heterocycles. The van der Waals surface area contributed by atoms with Crippen LogP contribution in [0.1, 0.15) is 87.8 Å². The first-order valence-electron chi connectivity index (χ1n) is 13.6. The van der Waals surface area contributed by atoms with Gasteiger partial charge in [-0.05, 0) is 43.7 Å². The molecule has 5 N–H and O–H groups in total. The van der Waals surface area contributed by atoms with Crippen molar-refractivity contribution in [2.24, 2.45) is 0 Å². The van der Waals surface area contributed by atoms with Crippen LogP contribution in [-0.2, 0) is 0 Å². The summed E-state index contributed by atoms with van der Waals surface area (Å²) in [7, 11) is 3.61. The van der Waals surface area contributed by atoms with E-state index in [0.29, 0.717) is 28.7 Å². The number of para-hydroxylation sites is 1. The van der Waals surface area contributed by atoms with Gasteiger partial charge in [-0.2, -0.15) is 9.97 Å². The van der Waals surface area contributed by atoms with E-state index in [1.54, 1.807) is 13.1 Å². The van der Waals surface area contributed by atoms with Crippen LogP contribution in [0.3, 0.4) is 0 Å². The molecular weight excluding hydrogens is 474 g/mol. The maximum Gasteiger partial charge on any atom is 0.253 e. The first-order valence-corrected chi connectivity index (χ1v) is 13.6. The third-order valence-corrected chi connectivity index (χ3v) is 6.42. The van der Waals surface area contributed by atoms with Crippen LogP contribution in [0.2, 0.25) is 0 Å². The standard InChI is InChI=1S/C22H25N7O.2C4H10/c1-12-9-10-14(23)11-17(12)26-22-27-19(18-13(2)29(4)20(18)28-22)25-16-8-6-5-7-15(16)21(30)24-3;2*1-3-4-2/h5-11,13H,23H2,1-4H3,(H,24,30)(H2,25,26,27,28);2*3-4H2,1-2H3. The molecular formula is C30H45N7O. The summed E-state index contributed by atoms with van der Waals surface area (Å²) in [6.07, 6.45) is 5.28. The molecule has 0 aliphatic carbocycles. The third-order valence-electron chi connectivity index (χ3n) is 6.42. The number of rotatable bonds is 7. The molecule has 0 radical (unpaired) electrons. The molecule has 3 aromatic rings. The van der Waals surface area contributed by atoms with Crippen molar-refractivity contribution in [1.29, 1.82) is 0 Å². The number of carbonyl (C=O) groups excluding carboxylic acids is 1. The van der Waals surface area contributed by atoms with Gasteiger partial charge in [-0.25, -0.2) is 0 Å². The number of aromatic nitrogens is 2. The van der Waals surface area contributed by atoms with Gasteiger partial charge in [0.15, 0.2) is 0 Å². The lowest BCUT2D eigenvalue weighted by molar-refractivity contribution is 0.0964. The van der Waals surface area contributed by atoms with Gasteiger partial charge in [0.1, 0.15) is 11.6 Å². The van der Waals surface area contributed by atoms with Gasteiger partial charge in [0.2, 0.25) is 5.95 Å². The number of aryl methyl sites for hydroxylation is 1. The van der Waals surface area contributed by atoms with E-state index in [9.17, 15) is 4.79 Å². The van der Waals surface area contributed by atoms with E-state index in [0.717, 1.165) is 22.6 Å². The molecule has 1 unspecified atom stereocenters. The largest absolute Gasteiger partial charge is 0.399 e. The normalized spacial score (nSPS) is 13.1. The minimum Gasteiger partial charge on any atom is -0.399 e. The van der Waals surface area contributed by atoms with E-state index in [-0.39, 0.29) is 11.9 Å². The van der Waals surface area contributed by atoms with E-state index in [1.165, 1.54) is 25.7 Å². The number of nitrogens with two attached hydrogens (primary N) is 1. The highest BCUT2D eigenvalue weighted by atomic mass is 16.1. The highest BCUT2D eigenvalue weighted by Gasteiger charge is 2.34. The Kier molecular flexibility index (Phi) is 11.9. The number of hydrogen-bond acceptors (Lipinski definition) is 7. The summed E-state index contributed by atoms with van der Waals surface area (Å²) in [5.41, 5.74) is 10.7. The second-order valence-corrected chi connectivity index (χ2v) is 9.37. The fourth-order valence-corrected chi connectivity index (χ4v) is 3.52. The number of hydrogen-bond donors (Lipinski definition) is 4. The van der Waals surface area contributed by atoms with E-state index in [4.69, 9.17) is 10.7 Å². The van der Waals surface area contributed by atoms with Gasteiger partial charge in [0.05, 0.1) is 22.9 Å². The summed E-state index contributed by atoms with van der Waals surface area (Å²) < 4.78 is 0. The van der Waals surface area contributed by atoms with Gasteiger partial charge in [-0.3, -0.25) is 4.79 Å². The number of nitrogens with zero attached hydrogens (tertiary/aromatic N) is 3. The van der Waals surface area contributed by atoms with Crippen LogP contribution in [-0.4, -0.2) is 30.0 Å². The number of nitrogens with one attached hydrogen (secondary N) is 3. The lowest BCUT2D eigenvalue weighted by atomic mass is 10.00. The number of nitrogen functional groups attached to an aromatic ring is 1. The van der Waals surface area contributed by atoms with Crippen LogP contribution in [0.5, 0.6) is 0 Å². The minimum atomic E-state index is -0.162. The van der Waals surface area contributed by atoms with Crippen molar-refractivity contribution in [3.63, 3.8) is 0 Å². The van der Waals surface area contributed by atoms with E-state index < -0.39 is 0 Å². The van der Waals surface area contributed by atoms with Crippen molar-refractivity contribution in [2.45, 2.75) is 73.3 Å². The average Bonchev–Trinajstić information content (AvgIpc) is 2.94. The van der Waals surface area contributed by atoms with E-state index >= 15 is 0 Å². The number of carbonyl (C=O) groups is 1. The van der Waals surface area contributed by atoms with Gasteiger partial charge in [0.25, 0.3) is 5.91 Å². The molecule has 4 rings (SSSR count). The maximum atomic E-state index is 12.3. The van der Waals surface area contributed by atoms with Gasteiger partial charge in [-0.15, -0.1) is 0 Å². The van der Waals surface area contributed by atoms with Crippen LogP contribution >= 0.6 is 0 Å². The topological polar surface area (TPSA) is 108 Å². The average molecular weight is 520 g/mol. The van der Waals surface area contributed by atoms with E-state index in [1.807, 2.05) is 50.4 Å². The number of benzene rings is 2. The van der Waals surface area contributed by atoms with Gasteiger partial charge >= 0.3 is 0 Å². The quantitative estimate of drug-likeness (QED) is 0.242. The predicted molar refractivity (Wildman–Crippen MR) is 162 cm³/mol. The zero-order valence-electron chi connectivity index (χ0n) is 24.3. The number of amides is 1.